The van der Waals surface area contributed by atoms with E-state index in [1.54, 1.807) is 4.90 Å². The average Bonchev–Trinajstić information content (AvgIpc) is 2.54. The summed E-state index contributed by atoms with van der Waals surface area (Å²) in [6.07, 6.45) is 4.42. The van der Waals surface area contributed by atoms with Crippen LogP contribution in [0.2, 0.25) is 0 Å². The van der Waals surface area contributed by atoms with Crippen molar-refractivity contribution in [3.63, 3.8) is 0 Å². The van der Waals surface area contributed by atoms with E-state index in [2.05, 4.69) is 5.32 Å². The number of benzene rings is 1. The van der Waals surface area contributed by atoms with Crippen molar-refractivity contribution in [1.29, 1.82) is 0 Å². The minimum absolute atomic E-state index is 0. The van der Waals surface area contributed by atoms with E-state index in [1.807, 2.05) is 30.3 Å². The standard InChI is InChI=1S/C17H23N3O2.ClH/c18-13(12-6-2-1-3-7-12)10-17(22)20-11-16(21)19-14-8-4-5-9-15(14)20;/h1-3,6-7,13-15H,4-5,8-11,18H2,(H,19,21);1H. The summed E-state index contributed by atoms with van der Waals surface area (Å²) < 4.78 is 0. The highest BCUT2D eigenvalue weighted by Gasteiger charge is 2.38. The Labute approximate surface area is 143 Å². The molecule has 0 radical (unpaired) electrons. The molecule has 3 atom stereocenters. The summed E-state index contributed by atoms with van der Waals surface area (Å²) in [6, 6.07) is 9.58. The molecule has 1 aromatic rings. The van der Waals surface area contributed by atoms with Crippen molar-refractivity contribution in [2.24, 2.45) is 5.73 Å². The lowest BCUT2D eigenvalue weighted by Gasteiger charge is -2.44. The first-order valence-corrected chi connectivity index (χ1v) is 8.04. The van der Waals surface area contributed by atoms with Crippen LogP contribution >= 0.6 is 12.4 Å². The van der Waals surface area contributed by atoms with Gasteiger partial charge in [0, 0.05) is 18.5 Å². The number of hydrogen-bond acceptors (Lipinski definition) is 3. The number of fused-ring (bicyclic) bond motifs is 1. The molecular weight excluding hydrogens is 314 g/mol. The molecule has 0 spiro atoms. The fraction of sp³-hybridized carbons (Fsp3) is 0.529. The highest BCUT2D eigenvalue weighted by molar-refractivity contribution is 5.87. The minimum Gasteiger partial charge on any atom is -0.350 e. The van der Waals surface area contributed by atoms with Crippen LogP contribution in [0, 0.1) is 0 Å². The molecule has 3 unspecified atom stereocenters. The largest absolute Gasteiger partial charge is 0.350 e. The monoisotopic (exact) mass is 337 g/mol. The zero-order valence-corrected chi connectivity index (χ0v) is 13.9. The topological polar surface area (TPSA) is 75.4 Å². The van der Waals surface area contributed by atoms with Crippen molar-refractivity contribution >= 4 is 24.2 Å². The highest BCUT2D eigenvalue weighted by atomic mass is 35.5. The van der Waals surface area contributed by atoms with Gasteiger partial charge in [0.25, 0.3) is 0 Å². The van der Waals surface area contributed by atoms with Crippen molar-refractivity contribution in [1.82, 2.24) is 10.2 Å². The van der Waals surface area contributed by atoms with E-state index < -0.39 is 0 Å². The van der Waals surface area contributed by atoms with Crippen LogP contribution in [0.25, 0.3) is 0 Å². The molecule has 3 rings (SSSR count). The first kappa shape index (κ1) is 17.8. The third kappa shape index (κ3) is 4.03. The normalized spacial score (nSPS) is 24.9. The SMILES string of the molecule is Cl.NC(CC(=O)N1CC(=O)NC2CCCCC21)c1ccccc1. The van der Waals surface area contributed by atoms with Crippen molar-refractivity contribution in [2.75, 3.05) is 6.54 Å². The predicted octanol–water partition coefficient (Wildman–Crippen LogP) is 1.77. The first-order valence-electron chi connectivity index (χ1n) is 8.04. The van der Waals surface area contributed by atoms with Gasteiger partial charge < -0.3 is 16.0 Å². The Hall–Kier alpha value is -1.59. The maximum atomic E-state index is 12.6. The van der Waals surface area contributed by atoms with Crippen molar-refractivity contribution < 1.29 is 9.59 Å². The number of nitrogens with one attached hydrogen (secondary N) is 1. The number of nitrogens with two attached hydrogens (primary N) is 1. The summed E-state index contributed by atoms with van der Waals surface area (Å²) in [5.74, 6) is -0.0621. The number of halogens is 1. The summed E-state index contributed by atoms with van der Waals surface area (Å²) in [5.41, 5.74) is 7.11. The molecule has 23 heavy (non-hydrogen) atoms. The second kappa shape index (κ2) is 7.79. The van der Waals surface area contributed by atoms with Crippen LogP contribution < -0.4 is 11.1 Å². The summed E-state index contributed by atoms with van der Waals surface area (Å²) in [7, 11) is 0. The number of carbonyl (C=O) groups is 2. The molecule has 1 aliphatic carbocycles. The van der Waals surface area contributed by atoms with E-state index in [-0.39, 0.29) is 55.3 Å². The van der Waals surface area contributed by atoms with Crippen LogP contribution in [0.1, 0.15) is 43.7 Å². The van der Waals surface area contributed by atoms with Gasteiger partial charge in [-0.3, -0.25) is 9.59 Å². The second-order valence-corrected chi connectivity index (χ2v) is 6.27. The van der Waals surface area contributed by atoms with Gasteiger partial charge in [-0.25, -0.2) is 0 Å². The Kier molecular flexibility index (Phi) is 6.02. The highest BCUT2D eigenvalue weighted by Crippen LogP contribution is 2.27. The molecule has 2 aliphatic rings. The van der Waals surface area contributed by atoms with Crippen LogP contribution in [0.3, 0.4) is 0 Å². The molecule has 6 heteroatoms. The zero-order valence-electron chi connectivity index (χ0n) is 13.1. The van der Waals surface area contributed by atoms with Crippen molar-refractivity contribution in [3.05, 3.63) is 35.9 Å². The van der Waals surface area contributed by atoms with E-state index in [9.17, 15) is 9.59 Å². The van der Waals surface area contributed by atoms with Crippen LogP contribution in [0.5, 0.6) is 0 Å². The lowest BCUT2D eigenvalue weighted by atomic mass is 9.87. The van der Waals surface area contributed by atoms with E-state index in [1.165, 1.54) is 0 Å². The van der Waals surface area contributed by atoms with Crippen LogP contribution in [0.15, 0.2) is 30.3 Å². The molecular formula is C17H24ClN3O2. The van der Waals surface area contributed by atoms with E-state index >= 15 is 0 Å². The van der Waals surface area contributed by atoms with Gasteiger partial charge in [-0.2, -0.15) is 0 Å². The summed E-state index contributed by atoms with van der Waals surface area (Å²) in [5, 5.41) is 3.02. The second-order valence-electron chi connectivity index (χ2n) is 6.27. The number of rotatable bonds is 3. The molecule has 2 amide bonds. The van der Waals surface area contributed by atoms with E-state index in [4.69, 9.17) is 5.73 Å². The van der Waals surface area contributed by atoms with Gasteiger partial charge in [-0.05, 0) is 18.4 Å². The Balaban J connectivity index is 0.00000192. The molecule has 0 aromatic heterocycles. The third-order valence-corrected chi connectivity index (χ3v) is 4.73. The van der Waals surface area contributed by atoms with Crippen LogP contribution in [0.4, 0.5) is 0 Å². The summed E-state index contributed by atoms with van der Waals surface area (Å²) in [4.78, 5) is 26.3. The maximum Gasteiger partial charge on any atom is 0.239 e. The Bertz CT molecular complexity index is 552. The molecule has 1 saturated carbocycles. The van der Waals surface area contributed by atoms with E-state index in [0.717, 1.165) is 31.2 Å². The third-order valence-electron chi connectivity index (χ3n) is 4.73. The Morgan fingerprint density at radius 2 is 1.96 bits per heavy atom. The molecule has 0 bridgehead atoms. The fourth-order valence-corrected chi connectivity index (χ4v) is 3.57. The first-order chi connectivity index (χ1) is 10.6. The van der Waals surface area contributed by atoms with Crippen LogP contribution in [-0.4, -0.2) is 35.3 Å². The fourth-order valence-electron chi connectivity index (χ4n) is 3.57. The predicted molar refractivity (Wildman–Crippen MR) is 91.1 cm³/mol. The molecule has 2 fully saturated rings. The lowest BCUT2D eigenvalue weighted by molar-refractivity contribution is -0.144. The van der Waals surface area contributed by atoms with Gasteiger partial charge in [0.2, 0.25) is 11.8 Å². The molecule has 1 aliphatic heterocycles. The number of nitrogens with zero attached hydrogens (tertiary/aromatic N) is 1. The van der Waals surface area contributed by atoms with Gasteiger partial charge in [0.15, 0.2) is 0 Å². The number of hydrogen-bond donors (Lipinski definition) is 2. The quantitative estimate of drug-likeness (QED) is 0.882. The van der Waals surface area contributed by atoms with Gasteiger partial charge in [-0.1, -0.05) is 43.2 Å². The maximum absolute atomic E-state index is 12.6. The number of piperazine rings is 1. The number of amides is 2. The van der Waals surface area contributed by atoms with Crippen LogP contribution in [-0.2, 0) is 9.59 Å². The van der Waals surface area contributed by atoms with Gasteiger partial charge in [0.05, 0.1) is 12.6 Å². The molecule has 5 nitrogen and oxygen atoms in total. The summed E-state index contributed by atoms with van der Waals surface area (Å²) in [6.45, 7) is 0.168. The molecule has 1 heterocycles. The molecule has 3 N–H and O–H groups in total. The molecule has 1 saturated heterocycles. The molecule has 1 aromatic carbocycles. The number of carbonyl (C=O) groups excluding carboxylic acids is 2. The summed E-state index contributed by atoms with van der Waals surface area (Å²) >= 11 is 0. The molecule has 126 valence electrons. The zero-order chi connectivity index (χ0) is 15.5. The van der Waals surface area contributed by atoms with Crippen molar-refractivity contribution in [2.45, 2.75) is 50.2 Å². The average molecular weight is 338 g/mol. The van der Waals surface area contributed by atoms with Gasteiger partial charge >= 0.3 is 0 Å². The van der Waals surface area contributed by atoms with E-state index in [0.29, 0.717) is 0 Å². The smallest absolute Gasteiger partial charge is 0.239 e. The Morgan fingerprint density at radius 1 is 1.26 bits per heavy atom. The van der Waals surface area contributed by atoms with Crippen molar-refractivity contribution in [3.8, 4) is 0 Å². The van der Waals surface area contributed by atoms with Gasteiger partial charge in [0.1, 0.15) is 0 Å². The lowest BCUT2D eigenvalue weighted by Crippen LogP contribution is -2.63. The Morgan fingerprint density at radius 3 is 2.70 bits per heavy atom. The van der Waals surface area contributed by atoms with Gasteiger partial charge in [-0.15, -0.1) is 12.4 Å². The minimum atomic E-state index is -0.319.